The van der Waals surface area contributed by atoms with Crippen LogP contribution in [-0.2, 0) is 0 Å². The first-order chi connectivity index (χ1) is 18.6. The monoisotopic (exact) mass is 519 g/mol. The van der Waals surface area contributed by atoms with Crippen LogP contribution in [0.15, 0.2) is 97.1 Å². The van der Waals surface area contributed by atoms with Crippen LogP contribution in [-0.4, -0.2) is 0 Å². The third-order valence-electron chi connectivity index (χ3n) is 6.78. The number of hydrogen-bond acceptors (Lipinski definition) is 3. The fourth-order valence-corrected chi connectivity index (χ4v) is 6.89. The summed E-state index contributed by atoms with van der Waals surface area (Å²) in [5.41, 5.74) is 9.81. The van der Waals surface area contributed by atoms with Crippen LogP contribution < -0.4 is 5.73 Å². The Kier molecular flexibility index (Phi) is 5.41. The lowest BCUT2D eigenvalue weighted by molar-refractivity contribution is 1.46. The van der Waals surface area contributed by atoms with Crippen LogP contribution in [0.3, 0.4) is 0 Å². The molecule has 38 heavy (non-hydrogen) atoms. The number of hydrogen-bond donors (Lipinski definition) is 1. The number of aryl methyl sites for hydroxylation is 1. The maximum absolute atomic E-state index is 5.80. The molecule has 0 unspecified atom stereocenters. The lowest BCUT2D eigenvalue weighted by Gasteiger charge is -2.06. The summed E-state index contributed by atoms with van der Waals surface area (Å²) in [4.78, 5) is 2.15. The van der Waals surface area contributed by atoms with E-state index in [9.17, 15) is 0 Å². The Balaban J connectivity index is 1.30. The molecule has 0 saturated carbocycles. The van der Waals surface area contributed by atoms with Crippen LogP contribution in [0.4, 0.5) is 5.69 Å². The highest BCUT2D eigenvalue weighted by Crippen LogP contribution is 2.39. The Hall–Kier alpha value is -4.54. The van der Waals surface area contributed by atoms with E-state index in [2.05, 4.69) is 103 Å². The molecule has 3 heteroatoms. The van der Waals surface area contributed by atoms with E-state index in [-0.39, 0.29) is 0 Å². The molecule has 0 saturated heterocycles. The van der Waals surface area contributed by atoms with E-state index in [0.717, 1.165) is 26.6 Å². The van der Waals surface area contributed by atoms with Crippen LogP contribution in [0.1, 0.15) is 26.4 Å². The van der Waals surface area contributed by atoms with Crippen LogP contribution in [0.25, 0.3) is 41.7 Å². The summed E-state index contributed by atoms with van der Waals surface area (Å²) in [7, 11) is 0. The van der Waals surface area contributed by atoms with Gasteiger partial charge < -0.3 is 5.73 Å². The van der Waals surface area contributed by atoms with Gasteiger partial charge in [0, 0.05) is 37.0 Å². The summed E-state index contributed by atoms with van der Waals surface area (Å²) in [6, 6.07) is 34.0. The van der Waals surface area contributed by atoms with Gasteiger partial charge in [0.05, 0.1) is 9.75 Å². The number of benzene rings is 5. The van der Waals surface area contributed by atoms with Crippen molar-refractivity contribution in [1.29, 1.82) is 0 Å². The molecule has 5 aromatic carbocycles. The number of anilines is 1. The van der Waals surface area contributed by atoms with E-state index >= 15 is 0 Å². The Morgan fingerprint density at radius 1 is 0.500 bits per heavy atom. The zero-order chi connectivity index (χ0) is 25.6. The largest absolute Gasteiger partial charge is 0.399 e. The first-order valence-corrected chi connectivity index (χ1v) is 14.0. The molecule has 0 atom stereocenters. The molecule has 0 aliphatic heterocycles. The molecule has 178 valence electrons. The number of nitrogens with two attached hydrogens (primary N) is 1. The average molecular weight is 520 g/mol. The minimum absolute atomic E-state index is 0.752. The average Bonchev–Trinajstić information content (AvgIpc) is 3.56. The van der Waals surface area contributed by atoms with Gasteiger partial charge in [-0.2, -0.15) is 0 Å². The van der Waals surface area contributed by atoms with E-state index in [1.165, 1.54) is 47.3 Å². The molecule has 0 aliphatic carbocycles. The minimum Gasteiger partial charge on any atom is -0.399 e. The van der Waals surface area contributed by atoms with Gasteiger partial charge in [-0.05, 0) is 77.0 Å². The van der Waals surface area contributed by atoms with Crippen molar-refractivity contribution in [3.63, 3.8) is 0 Å². The molecule has 2 heterocycles. The Morgan fingerprint density at radius 3 is 1.45 bits per heavy atom. The third kappa shape index (κ3) is 4.09. The summed E-state index contributed by atoms with van der Waals surface area (Å²) in [5, 5.41) is 7.58. The maximum atomic E-state index is 5.80. The molecule has 1 nitrogen and oxygen atoms in total. The second kappa shape index (κ2) is 9.09. The van der Waals surface area contributed by atoms with Crippen molar-refractivity contribution in [3.8, 4) is 23.7 Å². The van der Waals surface area contributed by atoms with Crippen molar-refractivity contribution in [3.05, 3.63) is 124 Å². The van der Waals surface area contributed by atoms with E-state index < -0.39 is 0 Å². The van der Waals surface area contributed by atoms with E-state index in [1.54, 1.807) is 22.7 Å². The second-order valence-corrected chi connectivity index (χ2v) is 11.5. The summed E-state index contributed by atoms with van der Waals surface area (Å²) >= 11 is 3.53. The van der Waals surface area contributed by atoms with Crippen molar-refractivity contribution in [2.24, 2.45) is 0 Å². The zero-order valence-electron chi connectivity index (χ0n) is 20.6. The van der Waals surface area contributed by atoms with Gasteiger partial charge in [-0.1, -0.05) is 77.8 Å². The molecule has 2 aromatic heterocycles. The molecule has 2 N–H and O–H groups in total. The first-order valence-electron chi connectivity index (χ1n) is 12.4. The maximum Gasteiger partial charge on any atom is 0.0785 e. The topological polar surface area (TPSA) is 26.0 Å². The Labute approximate surface area is 229 Å². The third-order valence-corrected chi connectivity index (χ3v) is 8.98. The molecule has 0 amide bonds. The van der Waals surface area contributed by atoms with Crippen LogP contribution in [0.2, 0.25) is 0 Å². The van der Waals surface area contributed by atoms with Gasteiger partial charge in [-0.25, -0.2) is 0 Å². The highest BCUT2D eigenvalue weighted by Gasteiger charge is 2.11. The van der Waals surface area contributed by atoms with E-state index in [1.807, 2.05) is 24.3 Å². The van der Waals surface area contributed by atoms with Gasteiger partial charge in [0.25, 0.3) is 0 Å². The summed E-state index contributed by atoms with van der Waals surface area (Å²) in [6.07, 6.45) is 0. The highest BCUT2D eigenvalue weighted by atomic mass is 32.1. The van der Waals surface area contributed by atoms with Crippen LogP contribution in [0, 0.1) is 30.6 Å². The lowest BCUT2D eigenvalue weighted by Crippen LogP contribution is -1.82. The predicted molar refractivity (Wildman–Crippen MR) is 166 cm³/mol. The Morgan fingerprint density at radius 2 is 0.947 bits per heavy atom. The molecule has 0 aliphatic rings. The van der Waals surface area contributed by atoms with Gasteiger partial charge in [0.1, 0.15) is 0 Å². The van der Waals surface area contributed by atoms with Crippen molar-refractivity contribution in [1.82, 2.24) is 0 Å². The lowest BCUT2D eigenvalue weighted by atomic mass is 10.00. The van der Waals surface area contributed by atoms with Gasteiger partial charge in [0.15, 0.2) is 0 Å². The van der Waals surface area contributed by atoms with Crippen molar-refractivity contribution in [2.45, 2.75) is 6.92 Å². The molecular weight excluding hydrogens is 499 g/mol. The van der Waals surface area contributed by atoms with Crippen molar-refractivity contribution >= 4 is 70.1 Å². The molecule has 0 radical (unpaired) electrons. The van der Waals surface area contributed by atoms with E-state index in [4.69, 9.17) is 5.73 Å². The summed E-state index contributed by atoms with van der Waals surface area (Å²) in [6.45, 7) is 2.09. The van der Waals surface area contributed by atoms with Crippen molar-refractivity contribution in [2.75, 3.05) is 5.73 Å². The molecule has 7 aromatic rings. The molecule has 7 rings (SSSR count). The molecular formula is C35H21NS2. The quantitative estimate of drug-likeness (QED) is 0.121. The fraction of sp³-hybridized carbons (Fsp3) is 0.0286. The number of thiophene rings is 2. The smallest absolute Gasteiger partial charge is 0.0785 e. The van der Waals surface area contributed by atoms with Crippen molar-refractivity contribution < 1.29 is 0 Å². The van der Waals surface area contributed by atoms with Crippen LogP contribution in [0.5, 0.6) is 0 Å². The SMILES string of the molecule is Cc1ccc(C#Cc2cc3ccc4c5ccc6cc(C#Cc7ccc(N)cc7)sc6c5ccc4c3s2)cc1. The highest BCUT2D eigenvalue weighted by molar-refractivity contribution is 7.21. The molecule has 0 spiro atoms. The number of nitrogen functional groups attached to an aromatic ring is 1. The summed E-state index contributed by atoms with van der Waals surface area (Å²) in [5.74, 6) is 13.3. The molecule has 0 fully saturated rings. The minimum atomic E-state index is 0.752. The normalized spacial score (nSPS) is 11.0. The predicted octanol–water partition coefficient (Wildman–Crippen LogP) is 9.11. The first kappa shape index (κ1) is 22.6. The van der Waals surface area contributed by atoms with Gasteiger partial charge >= 0.3 is 0 Å². The van der Waals surface area contributed by atoms with E-state index in [0.29, 0.717) is 0 Å². The second-order valence-electron chi connectivity index (χ2n) is 9.43. The number of fused-ring (bicyclic) bond motifs is 7. The molecule has 0 bridgehead atoms. The van der Waals surface area contributed by atoms with Gasteiger partial charge in [-0.3, -0.25) is 0 Å². The fourth-order valence-electron chi connectivity index (χ4n) is 4.81. The zero-order valence-corrected chi connectivity index (χ0v) is 22.3. The number of rotatable bonds is 0. The standard InChI is InChI=1S/C35H21NS2/c1-22-2-4-23(5-3-22)8-14-28-20-25-10-16-30-31-17-11-26-21-29(15-9-24-6-12-27(36)13-7-24)38-35(26)33(31)19-18-32(30)34(25)37-28/h2-7,10-13,16-21H,36H2,1H3. The summed E-state index contributed by atoms with van der Waals surface area (Å²) < 4.78 is 2.57. The Bertz CT molecular complexity index is 1980. The van der Waals surface area contributed by atoms with Gasteiger partial charge in [0.2, 0.25) is 0 Å². The van der Waals surface area contributed by atoms with Gasteiger partial charge in [-0.15, -0.1) is 22.7 Å². The van der Waals surface area contributed by atoms with Crippen LogP contribution >= 0.6 is 22.7 Å².